The van der Waals surface area contributed by atoms with Crippen molar-refractivity contribution >= 4 is 34.6 Å². The third-order valence-corrected chi connectivity index (χ3v) is 7.29. The average molecular weight is 407 g/mol. The van der Waals surface area contributed by atoms with E-state index in [1.807, 2.05) is 17.5 Å². The molecule has 1 unspecified atom stereocenters. The number of hydrogen-bond acceptors (Lipinski definition) is 7. The lowest BCUT2D eigenvalue weighted by atomic mass is 9.86. The van der Waals surface area contributed by atoms with Crippen molar-refractivity contribution in [2.45, 2.75) is 31.5 Å². The molecule has 3 fully saturated rings. The molecule has 6 nitrogen and oxygen atoms in total. The summed E-state index contributed by atoms with van der Waals surface area (Å²) in [6, 6.07) is 6.69. The quantitative estimate of drug-likeness (QED) is 0.689. The first-order chi connectivity index (χ1) is 13.1. The molecule has 0 amide bonds. The number of carboxylic acid groups (broad SMARTS) is 1. The normalized spacial score (nSPS) is 25.3. The molecule has 0 saturated carbocycles. The first-order valence-electron chi connectivity index (χ1n) is 9.12. The number of esters is 1. The van der Waals surface area contributed by atoms with Gasteiger partial charge in [-0.1, -0.05) is 6.07 Å². The van der Waals surface area contributed by atoms with Crippen LogP contribution < -0.4 is 5.32 Å². The van der Waals surface area contributed by atoms with Gasteiger partial charge in [0.1, 0.15) is 17.0 Å². The smallest absolute Gasteiger partial charge is 0.345 e. The molecule has 8 heteroatoms. The maximum atomic E-state index is 12.9. The first-order valence-corrected chi connectivity index (χ1v) is 10.8. The van der Waals surface area contributed by atoms with Gasteiger partial charge in [0.2, 0.25) is 0 Å². The van der Waals surface area contributed by atoms with Gasteiger partial charge in [-0.05, 0) is 55.4 Å². The van der Waals surface area contributed by atoms with E-state index in [1.54, 1.807) is 12.1 Å². The Balaban J connectivity index is 1.42. The zero-order valence-corrected chi connectivity index (χ0v) is 16.4. The summed E-state index contributed by atoms with van der Waals surface area (Å²) in [6.45, 7) is 3.47. The zero-order valence-electron chi connectivity index (χ0n) is 14.8. The number of nitrogens with one attached hydrogen (secondary N) is 1. The summed E-state index contributed by atoms with van der Waals surface area (Å²) < 4.78 is 5.92. The van der Waals surface area contributed by atoms with Crippen molar-refractivity contribution in [1.29, 1.82) is 0 Å². The van der Waals surface area contributed by atoms with Gasteiger partial charge in [-0.25, -0.2) is 9.59 Å². The number of aromatic carboxylic acids is 1. The van der Waals surface area contributed by atoms with Crippen LogP contribution in [0.5, 0.6) is 0 Å². The minimum atomic E-state index is -0.928. The number of nitrogens with zero attached hydrogens (tertiary/aromatic N) is 1. The molecule has 5 rings (SSSR count). The SMILES string of the molecule is O=C(O)c1ccc(CNC(C(=O)O[C@H]2CN3CCC2CC3)c2cccs2)s1. The Kier molecular flexibility index (Phi) is 5.58. The van der Waals surface area contributed by atoms with Crippen LogP contribution >= 0.6 is 22.7 Å². The third kappa shape index (κ3) is 4.24. The minimum absolute atomic E-state index is 0.0235. The molecular formula is C19H22N2O4S2. The van der Waals surface area contributed by atoms with Crippen molar-refractivity contribution in [3.8, 4) is 0 Å². The van der Waals surface area contributed by atoms with Crippen molar-refractivity contribution in [3.63, 3.8) is 0 Å². The second kappa shape index (κ2) is 8.10. The van der Waals surface area contributed by atoms with E-state index in [4.69, 9.17) is 9.84 Å². The Bertz CT molecular complexity index is 797. The topological polar surface area (TPSA) is 78.9 Å². The molecule has 144 valence electrons. The van der Waals surface area contributed by atoms with E-state index >= 15 is 0 Å². The first kappa shape index (κ1) is 18.6. The van der Waals surface area contributed by atoms with Crippen LogP contribution in [0.3, 0.4) is 0 Å². The standard InChI is InChI=1S/C19H22N2O4S2/c22-18(23)16-4-3-13(27-16)10-20-17(15-2-1-9-26-15)19(24)25-14-11-21-7-5-12(14)6-8-21/h1-4,9,12,14,17,20H,5-8,10-11H2,(H,22,23)/t14-,17?/m0/s1. The fourth-order valence-electron chi connectivity index (χ4n) is 3.81. The second-order valence-corrected chi connectivity index (χ2v) is 9.16. The van der Waals surface area contributed by atoms with Crippen molar-refractivity contribution in [3.05, 3.63) is 44.3 Å². The van der Waals surface area contributed by atoms with Gasteiger partial charge < -0.3 is 9.84 Å². The number of piperidine rings is 3. The van der Waals surface area contributed by atoms with Gasteiger partial charge in [0.25, 0.3) is 0 Å². The molecule has 0 aliphatic carbocycles. The second-order valence-electron chi connectivity index (χ2n) is 7.01. The lowest BCUT2D eigenvalue weighted by Gasteiger charge is -2.44. The summed E-state index contributed by atoms with van der Waals surface area (Å²) >= 11 is 2.74. The highest BCUT2D eigenvalue weighted by Gasteiger charge is 2.38. The molecule has 2 N–H and O–H groups in total. The van der Waals surface area contributed by atoms with Crippen LogP contribution in [0.15, 0.2) is 29.6 Å². The number of ether oxygens (including phenoxy) is 1. The van der Waals surface area contributed by atoms with Crippen LogP contribution in [0, 0.1) is 5.92 Å². The van der Waals surface area contributed by atoms with Gasteiger partial charge in [0.05, 0.1) is 0 Å². The van der Waals surface area contributed by atoms with E-state index in [2.05, 4.69) is 10.2 Å². The average Bonchev–Trinajstić information content (AvgIpc) is 3.35. The summed E-state index contributed by atoms with van der Waals surface area (Å²) in [6.07, 6.45) is 2.18. The summed E-state index contributed by atoms with van der Waals surface area (Å²) in [5, 5.41) is 14.3. The van der Waals surface area contributed by atoms with Crippen LogP contribution in [-0.4, -0.2) is 47.7 Å². The van der Waals surface area contributed by atoms with E-state index in [-0.39, 0.29) is 12.1 Å². The van der Waals surface area contributed by atoms with Crippen molar-refractivity contribution < 1.29 is 19.4 Å². The van der Waals surface area contributed by atoms with E-state index in [1.165, 1.54) is 22.7 Å². The predicted molar refractivity (Wildman–Crippen MR) is 104 cm³/mol. The van der Waals surface area contributed by atoms with Crippen LogP contribution in [0.2, 0.25) is 0 Å². The number of hydrogen-bond donors (Lipinski definition) is 2. The van der Waals surface area contributed by atoms with E-state index in [0.717, 1.165) is 42.2 Å². The highest BCUT2D eigenvalue weighted by molar-refractivity contribution is 7.13. The van der Waals surface area contributed by atoms with Crippen LogP contribution in [0.4, 0.5) is 0 Å². The van der Waals surface area contributed by atoms with Gasteiger partial charge in [0.15, 0.2) is 0 Å². The third-order valence-electron chi connectivity index (χ3n) is 5.28. The van der Waals surface area contributed by atoms with Gasteiger partial charge >= 0.3 is 11.9 Å². The van der Waals surface area contributed by atoms with Crippen molar-refractivity contribution in [2.24, 2.45) is 5.92 Å². The number of carboxylic acids is 1. The molecule has 0 spiro atoms. The highest BCUT2D eigenvalue weighted by atomic mass is 32.1. The Morgan fingerprint density at radius 3 is 2.70 bits per heavy atom. The molecule has 0 radical (unpaired) electrons. The van der Waals surface area contributed by atoms with Crippen LogP contribution in [0.25, 0.3) is 0 Å². The molecule has 27 heavy (non-hydrogen) atoms. The molecule has 2 bridgehead atoms. The molecule has 2 atom stereocenters. The summed E-state index contributed by atoms with van der Waals surface area (Å²) in [4.78, 5) is 28.4. The Morgan fingerprint density at radius 1 is 1.30 bits per heavy atom. The molecule has 2 aromatic heterocycles. The maximum Gasteiger partial charge on any atom is 0.345 e. The summed E-state index contributed by atoms with van der Waals surface area (Å²) in [5.74, 6) is -0.701. The number of carbonyl (C=O) groups is 2. The number of fused-ring (bicyclic) bond motifs is 3. The minimum Gasteiger partial charge on any atom is -0.477 e. The largest absolute Gasteiger partial charge is 0.477 e. The number of carbonyl (C=O) groups excluding carboxylic acids is 1. The van der Waals surface area contributed by atoms with Gasteiger partial charge in [0, 0.05) is 22.8 Å². The van der Waals surface area contributed by atoms with Crippen LogP contribution in [0.1, 0.15) is 38.3 Å². The van der Waals surface area contributed by atoms with E-state index in [0.29, 0.717) is 17.3 Å². The highest BCUT2D eigenvalue weighted by Crippen LogP contribution is 2.31. The Hall–Kier alpha value is -1.74. The van der Waals surface area contributed by atoms with E-state index < -0.39 is 12.0 Å². The van der Waals surface area contributed by atoms with Gasteiger partial charge in [-0.2, -0.15) is 0 Å². The molecule has 2 aromatic rings. The summed E-state index contributed by atoms with van der Waals surface area (Å²) in [5.41, 5.74) is 0. The van der Waals surface area contributed by atoms with Crippen LogP contribution in [-0.2, 0) is 16.1 Å². The molecule has 3 aliphatic heterocycles. The zero-order chi connectivity index (χ0) is 18.8. The van der Waals surface area contributed by atoms with Gasteiger partial charge in [-0.3, -0.25) is 10.2 Å². The fourth-order valence-corrected chi connectivity index (χ4v) is 5.39. The van der Waals surface area contributed by atoms with Crippen molar-refractivity contribution in [1.82, 2.24) is 10.2 Å². The van der Waals surface area contributed by atoms with E-state index in [9.17, 15) is 9.59 Å². The monoisotopic (exact) mass is 406 g/mol. The lowest BCUT2D eigenvalue weighted by molar-refractivity contribution is -0.161. The molecule has 0 aromatic carbocycles. The Labute approximate surface area is 165 Å². The predicted octanol–water partition coefficient (Wildman–Crippen LogP) is 2.98. The summed E-state index contributed by atoms with van der Waals surface area (Å²) in [7, 11) is 0. The molecule has 3 aliphatic rings. The van der Waals surface area contributed by atoms with Gasteiger partial charge in [-0.15, -0.1) is 22.7 Å². The number of thiophene rings is 2. The maximum absolute atomic E-state index is 12.9. The Morgan fingerprint density at radius 2 is 2.11 bits per heavy atom. The molecule has 5 heterocycles. The van der Waals surface area contributed by atoms with Crippen molar-refractivity contribution in [2.75, 3.05) is 19.6 Å². The lowest BCUT2D eigenvalue weighted by Crippen LogP contribution is -2.52. The molecular weight excluding hydrogens is 384 g/mol. The molecule has 3 saturated heterocycles. The number of rotatable bonds is 7. The fraction of sp³-hybridized carbons (Fsp3) is 0.474.